The number of nitrogens with zero attached hydrogens (tertiary/aromatic N) is 2. The minimum atomic E-state index is 0.571. The third-order valence-electron chi connectivity index (χ3n) is 3.18. The first-order valence-electron chi connectivity index (χ1n) is 6.74. The Balaban J connectivity index is 1.66. The topological polar surface area (TPSA) is 49.8 Å². The fourth-order valence-electron chi connectivity index (χ4n) is 2.01. The average molecular weight is 326 g/mol. The summed E-state index contributed by atoms with van der Waals surface area (Å²) in [5.41, 5.74) is 4.19. The van der Waals surface area contributed by atoms with Gasteiger partial charge in [0.15, 0.2) is 5.11 Å². The Morgan fingerprint density at radius 1 is 1.05 bits per heavy atom. The van der Waals surface area contributed by atoms with Crippen LogP contribution in [0.1, 0.15) is 5.56 Å². The highest BCUT2D eigenvalue weighted by Crippen LogP contribution is 2.23. The van der Waals surface area contributed by atoms with Crippen molar-refractivity contribution in [2.75, 3.05) is 10.6 Å². The van der Waals surface area contributed by atoms with E-state index in [2.05, 4.69) is 20.2 Å². The molecule has 0 fully saturated rings. The number of aryl methyl sites for hydroxylation is 1. The molecule has 3 aromatic rings. The third kappa shape index (κ3) is 3.47. The Morgan fingerprint density at radius 2 is 1.82 bits per heavy atom. The van der Waals surface area contributed by atoms with Crippen LogP contribution in [0.4, 0.5) is 11.4 Å². The van der Waals surface area contributed by atoms with E-state index in [1.54, 1.807) is 6.20 Å². The summed E-state index contributed by atoms with van der Waals surface area (Å²) < 4.78 is 3.87. The maximum atomic E-state index is 5.35. The molecule has 0 saturated carbocycles. The van der Waals surface area contributed by atoms with Gasteiger partial charge in [-0.05, 0) is 60.0 Å². The monoisotopic (exact) mass is 326 g/mol. The van der Waals surface area contributed by atoms with Gasteiger partial charge in [0.2, 0.25) is 0 Å². The number of anilines is 2. The van der Waals surface area contributed by atoms with E-state index in [4.69, 9.17) is 12.2 Å². The van der Waals surface area contributed by atoms with Crippen molar-refractivity contribution >= 4 is 40.2 Å². The van der Waals surface area contributed by atoms with E-state index in [0.717, 1.165) is 27.4 Å². The van der Waals surface area contributed by atoms with Crippen molar-refractivity contribution in [3.8, 4) is 10.4 Å². The van der Waals surface area contributed by atoms with Crippen LogP contribution >= 0.6 is 23.8 Å². The molecule has 0 bridgehead atoms. The van der Waals surface area contributed by atoms with Gasteiger partial charge in [0.05, 0.1) is 11.1 Å². The van der Waals surface area contributed by atoms with Gasteiger partial charge in [-0.1, -0.05) is 34.8 Å². The number of nitrogens with one attached hydrogen (secondary N) is 2. The van der Waals surface area contributed by atoms with E-state index in [0.29, 0.717) is 5.11 Å². The Hall–Kier alpha value is -2.31. The lowest BCUT2D eigenvalue weighted by Gasteiger charge is -2.12. The quantitative estimate of drug-likeness (QED) is 0.702. The molecule has 0 atom stereocenters. The van der Waals surface area contributed by atoms with Crippen molar-refractivity contribution in [2.45, 2.75) is 6.92 Å². The van der Waals surface area contributed by atoms with Crippen molar-refractivity contribution in [1.29, 1.82) is 0 Å². The van der Waals surface area contributed by atoms with E-state index in [1.807, 2.05) is 55.5 Å². The van der Waals surface area contributed by atoms with Gasteiger partial charge in [0.1, 0.15) is 0 Å². The molecule has 22 heavy (non-hydrogen) atoms. The SMILES string of the molecule is Cc1ccccc1NC(=S)Nc1ccc(-c2cnns2)cc1. The molecule has 2 aromatic carbocycles. The maximum absolute atomic E-state index is 5.35. The van der Waals surface area contributed by atoms with Gasteiger partial charge in [0.25, 0.3) is 0 Å². The van der Waals surface area contributed by atoms with Gasteiger partial charge in [0, 0.05) is 11.4 Å². The van der Waals surface area contributed by atoms with Crippen molar-refractivity contribution < 1.29 is 0 Å². The first kappa shape index (κ1) is 14.6. The van der Waals surface area contributed by atoms with Crippen LogP contribution in [0.3, 0.4) is 0 Å². The molecule has 0 saturated heterocycles. The highest BCUT2D eigenvalue weighted by Gasteiger charge is 2.03. The number of para-hydroxylation sites is 1. The first-order chi connectivity index (χ1) is 10.7. The second-order valence-electron chi connectivity index (χ2n) is 4.75. The molecular weight excluding hydrogens is 312 g/mol. The van der Waals surface area contributed by atoms with E-state index < -0.39 is 0 Å². The van der Waals surface area contributed by atoms with Crippen molar-refractivity contribution in [3.05, 3.63) is 60.3 Å². The zero-order valence-electron chi connectivity index (χ0n) is 11.9. The second kappa shape index (κ2) is 6.64. The molecule has 0 aliphatic heterocycles. The van der Waals surface area contributed by atoms with E-state index in [9.17, 15) is 0 Å². The highest BCUT2D eigenvalue weighted by atomic mass is 32.1. The lowest BCUT2D eigenvalue weighted by atomic mass is 10.2. The van der Waals surface area contributed by atoms with Crippen LogP contribution in [0, 0.1) is 6.92 Å². The molecule has 0 unspecified atom stereocenters. The molecule has 0 radical (unpaired) electrons. The second-order valence-corrected chi connectivity index (χ2v) is 5.95. The van der Waals surface area contributed by atoms with Crippen molar-refractivity contribution in [2.24, 2.45) is 0 Å². The molecule has 110 valence electrons. The number of aromatic nitrogens is 2. The van der Waals surface area contributed by atoms with Crippen molar-refractivity contribution in [3.63, 3.8) is 0 Å². The van der Waals surface area contributed by atoms with Crippen LogP contribution in [0.15, 0.2) is 54.7 Å². The van der Waals surface area contributed by atoms with Crippen LogP contribution in [-0.2, 0) is 0 Å². The van der Waals surface area contributed by atoms with Crippen molar-refractivity contribution in [1.82, 2.24) is 9.59 Å². The van der Waals surface area contributed by atoms with Gasteiger partial charge in [-0.25, -0.2) is 0 Å². The summed E-state index contributed by atoms with van der Waals surface area (Å²) in [6.45, 7) is 2.04. The standard InChI is InChI=1S/C16H14N4S2/c1-11-4-2-3-5-14(11)19-16(21)18-13-8-6-12(7-9-13)15-10-17-20-22-15/h2-10H,1H3,(H2,18,19,21). The smallest absolute Gasteiger partial charge is 0.175 e. The van der Waals surface area contributed by atoms with E-state index in [1.165, 1.54) is 11.5 Å². The number of thiocarbonyl (C=S) groups is 1. The molecule has 3 rings (SSSR count). The zero-order valence-corrected chi connectivity index (χ0v) is 13.5. The van der Waals surface area contributed by atoms with Gasteiger partial charge >= 0.3 is 0 Å². The molecule has 4 nitrogen and oxygen atoms in total. The van der Waals surface area contributed by atoms with Crippen LogP contribution in [0.2, 0.25) is 0 Å². The number of benzene rings is 2. The van der Waals surface area contributed by atoms with Crippen LogP contribution in [-0.4, -0.2) is 14.7 Å². The summed E-state index contributed by atoms with van der Waals surface area (Å²) >= 11 is 6.73. The van der Waals surface area contributed by atoms with Crippen LogP contribution < -0.4 is 10.6 Å². The molecule has 0 spiro atoms. The summed E-state index contributed by atoms with van der Waals surface area (Å²) in [6.07, 6.45) is 1.76. The van der Waals surface area contributed by atoms with Gasteiger partial charge in [-0.3, -0.25) is 0 Å². The fourth-order valence-corrected chi connectivity index (χ4v) is 2.76. The lowest BCUT2D eigenvalue weighted by molar-refractivity contribution is 1.16. The minimum absolute atomic E-state index is 0.571. The first-order valence-corrected chi connectivity index (χ1v) is 7.92. The number of rotatable bonds is 3. The molecule has 0 amide bonds. The highest BCUT2D eigenvalue weighted by molar-refractivity contribution is 7.80. The molecule has 2 N–H and O–H groups in total. The summed E-state index contributed by atoms with van der Waals surface area (Å²) in [6, 6.07) is 16.1. The van der Waals surface area contributed by atoms with E-state index >= 15 is 0 Å². The minimum Gasteiger partial charge on any atom is -0.332 e. The molecule has 0 aliphatic rings. The Kier molecular flexibility index (Phi) is 4.41. The fraction of sp³-hybridized carbons (Fsp3) is 0.0625. The summed E-state index contributed by atoms with van der Waals surface area (Å²) in [4.78, 5) is 1.05. The molecule has 1 heterocycles. The summed E-state index contributed by atoms with van der Waals surface area (Å²) in [5, 5.41) is 10.8. The number of hydrogen-bond acceptors (Lipinski definition) is 4. The van der Waals surface area contributed by atoms with Gasteiger partial charge < -0.3 is 10.6 Å². The maximum Gasteiger partial charge on any atom is 0.175 e. The lowest BCUT2D eigenvalue weighted by Crippen LogP contribution is -2.19. The molecular formula is C16H14N4S2. The Labute approximate surface area is 138 Å². The molecule has 6 heteroatoms. The average Bonchev–Trinajstić information content (AvgIpc) is 3.05. The van der Waals surface area contributed by atoms with Crippen LogP contribution in [0.5, 0.6) is 0 Å². The Bertz CT molecular complexity index is 767. The third-order valence-corrected chi connectivity index (χ3v) is 4.10. The Morgan fingerprint density at radius 3 is 2.50 bits per heavy atom. The summed E-state index contributed by atoms with van der Waals surface area (Å²) in [7, 11) is 0. The van der Waals surface area contributed by atoms with Crippen LogP contribution in [0.25, 0.3) is 10.4 Å². The number of hydrogen-bond donors (Lipinski definition) is 2. The van der Waals surface area contributed by atoms with Gasteiger partial charge in [-0.15, -0.1) is 5.10 Å². The molecule has 0 aliphatic carbocycles. The summed E-state index contributed by atoms with van der Waals surface area (Å²) in [5.74, 6) is 0. The zero-order chi connectivity index (χ0) is 15.4. The predicted octanol–water partition coefficient (Wildman–Crippen LogP) is 4.32. The largest absolute Gasteiger partial charge is 0.332 e. The van der Waals surface area contributed by atoms with Gasteiger partial charge in [-0.2, -0.15) is 0 Å². The predicted molar refractivity (Wildman–Crippen MR) is 96.4 cm³/mol. The van der Waals surface area contributed by atoms with E-state index in [-0.39, 0.29) is 0 Å². The molecule has 1 aromatic heterocycles. The normalized spacial score (nSPS) is 10.2.